The van der Waals surface area contributed by atoms with Gasteiger partial charge in [-0.1, -0.05) is 39.0 Å². The number of nitrogens with one attached hydrogen (secondary N) is 1. The molecule has 0 bridgehead atoms. The second-order valence-corrected chi connectivity index (χ2v) is 6.03. The highest BCUT2D eigenvalue weighted by atomic mass is 16.4. The zero-order valence-electron chi connectivity index (χ0n) is 13.3. The maximum atomic E-state index is 12.0. The minimum atomic E-state index is -0.749. The van der Waals surface area contributed by atoms with Gasteiger partial charge in [-0.3, -0.25) is 4.79 Å². The molecule has 122 valence electrons. The molecule has 0 spiro atoms. The van der Waals surface area contributed by atoms with E-state index >= 15 is 0 Å². The summed E-state index contributed by atoms with van der Waals surface area (Å²) in [5.41, 5.74) is 0. The Morgan fingerprint density at radius 2 is 1.90 bits per heavy atom. The van der Waals surface area contributed by atoms with Crippen LogP contribution in [0.4, 0.5) is 4.79 Å². The molecule has 0 aromatic rings. The molecule has 1 saturated heterocycles. The Morgan fingerprint density at radius 1 is 1.19 bits per heavy atom. The third-order valence-electron chi connectivity index (χ3n) is 4.15. The maximum Gasteiger partial charge on any atom is 0.317 e. The van der Waals surface area contributed by atoms with Crippen LogP contribution in [0.5, 0.6) is 0 Å². The Bertz CT molecular complexity index is 321. The lowest BCUT2D eigenvalue weighted by molar-refractivity contribution is -0.137. The second kappa shape index (κ2) is 10.5. The van der Waals surface area contributed by atoms with Crippen LogP contribution < -0.4 is 5.32 Å². The molecular weight excluding hydrogens is 268 g/mol. The van der Waals surface area contributed by atoms with Crippen LogP contribution in [-0.4, -0.2) is 41.6 Å². The summed E-state index contributed by atoms with van der Waals surface area (Å²) in [5, 5.41) is 11.6. The molecule has 21 heavy (non-hydrogen) atoms. The summed E-state index contributed by atoms with van der Waals surface area (Å²) < 4.78 is 0. The van der Waals surface area contributed by atoms with Crippen LogP contribution in [-0.2, 0) is 4.79 Å². The van der Waals surface area contributed by atoms with Crippen LogP contribution in [0.25, 0.3) is 0 Å². The second-order valence-electron chi connectivity index (χ2n) is 6.03. The maximum absolute atomic E-state index is 12.0. The number of urea groups is 1. The predicted molar refractivity (Wildman–Crippen MR) is 83.3 cm³/mol. The van der Waals surface area contributed by atoms with Crippen molar-refractivity contribution < 1.29 is 14.7 Å². The lowest BCUT2D eigenvalue weighted by Crippen LogP contribution is -2.38. The molecule has 1 aliphatic heterocycles. The topological polar surface area (TPSA) is 69.6 Å². The minimum absolute atomic E-state index is 0.0152. The number of hydrogen-bond donors (Lipinski definition) is 2. The van der Waals surface area contributed by atoms with Gasteiger partial charge in [0, 0.05) is 26.1 Å². The van der Waals surface area contributed by atoms with E-state index in [-0.39, 0.29) is 12.5 Å². The number of nitrogens with zero attached hydrogens (tertiary/aromatic N) is 1. The van der Waals surface area contributed by atoms with E-state index in [0.29, 0.717) is 18.9 Å². The van der Waals surface area contributed by atoms with Gasteiger partial charge < -0.3 is 15.3 Å². The number of rotatable bonds is 10. The number of unbranched alkanes of at least 4 members (excludes halogenated alkanes) is 5. The van der Waals surface area contributed by atoms with E-state index in [0.717, 1.165) is 25.9 Å². The summed E-state index contributed by atoms with van der Waals surface area (Å²) in [6.07, 6.45) is 9.15. The number of carbonyl (C=O) groups is 2. The zero-order chi connectivity index (χ0) is 15.5. The largest absolute Gasteiger partial charge is 0.481 e. The van der Waals surface area contributed by atoms with Crippen LogP contribution in [0.1, 0.15) is 64.7 Å². The smallest absolute Gasteiger partial charge is 0.317 e. The fourth-order valence-electron chi connectivity index (χ4n) is 2.79. The van der Waals surface area contributed by atoms with Gasteiger partial charge in [-0.05, 0) is 25.2 Å². The summed E-state index contributed by atoms with van der Waals surface area (Å²) in [5.74, 6) is -0.401. The van der Waals surface area contributed by atoms with E-state index in [4.69, 9.17) is 5.11 Å². The van der Waals surface area contributed by atoms with Crippen molar-refractivity contribution in [2.75, 3.05) is 19.6 Å². The van der Waals surface area contributed by atoms with Crippen molar-refractivity contribution >= 4 is 12.0 Å². The van der Waals surface area contributed by atoms with Crippen LogP contribution >= 0.6 is 0 Å². The Hall–Kier alpha value is -1.26. The fraction of sp³-hybridized carbons (Fsp3) is 0.875. The highest BCUT2D eigenvalue weighted by Crippen LogP contribution is 2.20. The number of carbonyl (C=O) groups excluding carboxylic acids is 1. The van der Waals surface area contributed by atoms with Crippen LogP contribution in [0.2, 0.25) is 0 Å². The number of carboxylic acid groups (broad SMARTS) is 1. The molecule has 1 heterocycles. The number of carboxylic acids is 1. The first-order valence-corrected chi connectivity index (χ1v) is 8.38. The molecule has 2 N–H and O–H groups in total. The average Bonchev–Trinajstić information content (AvgIpc) is 2.93. The van der Waals surface area contributed by atoms with Crippen molar-refractivity contribution in [3.8, 4) is 0 Å². The Balaban J connectivity index is 2.04. The summed E-state index contributed by atoms with van der Waals surface area (Å²) in [4.78, 5) is 24.3. The molecule has 1 rings (SSSR count). The monoisotopic (exact) mass is 298 g/mol. The molecular formula is C16H30N2O3. The van der Waals surface area contributed by atoms with Crippen molar-refractivity contribution in [1.82, 2.24) is 10.2 Å². The predicted octanol–water partition coefficient (Wildman–Crippen LogP) is 3.24. The Morgan fingerprint density at radius 3 is 2.62 bits per heavy atom. The van der Waals surface area contributed by atoms with E-state index < -0.39 is 5.97 Å². The lowest BCUT2D eigenvalue weighted by Gasteiger charge is -2.17. The highest BCUT2D eigenvalue weighted by molar-refractivity contribution is 5.74. The molecule has 1 fully saturated rings. The van der Waals surface area contributed by atoms with E-state index in [1.807, 2.05) is 4.90 Å². The fourth-order valence-corrected chi connectivity index (χ4v) is 2.79. The molecule has 5 heteroatoms. The number of aliphatic carboxylic acids is 1. The van der Waals surface area contributed by atoms with E-state index in [1.165, 1.54) is 32.1 Å². The molecule has 0 aliphatic carbocycles. The summed E-state index contributed by atoms with van der Waals surface area (Å²) in [7, 11) is 0. The summed E-state index contributed by atoms with van der Waals surface area (Å²) in [6.45, 7) is 4.42. The summed E-state index contributed by atoms with van der Waals surface area (Å²) in [6, 6.07) is 0.0152. The van der Waals surface area contributed by atoms with Gasteiger partial charge in [0.05, 0.1) is 0 Å². The van der Waals surface area contributed by atoms with Crippen molar-refractivity contribution in [2.24, 2.45) is 5.92 Å². The van der Waals surface area contributed by atoms with Gasteiger partial charge >= 0.3 is 12.0 Å². The molecule has 0 aromatic carbocycles. The highest BCUT2D eigenvalue weighted by Gasteiger charge is 2.26. The normalized spacial score (nSPS) is 18.0. The summed E-state index contributed by atoms with van der Waals surface area (Å²) >= 11 is 0. The van der Waals surface area contributed by atoms with Crippen LogP contribution in [0.15, 0.2) is 0 Å². The SMILES string of the molecule is CCCCCCCCNC(=O)N1CCC(CCC(=O)O)C1. The molecule has 5 nitrogen and oxygen atoms in total. The van der Waals surface area contributed by atoms with Crippen LogP contribution in [0.3, 0.4) is 0 Å². The zero-order valence-corrected chi connectivity index (χ0v) is 13.3. The van der Waals surface area contributed by atoms with E-state index in [9.17, 15) is 9.59 Å². The molecule has 2 amide bonds. The van der Waals surface area contributed by atoms with Gasteiger partial charge in [-0.25, -0.2) is 4.79 Å². The average molecular weight is 298 g/mol. The van der Waals surface area contributed by atoms with Gasteiger partial charge in [0.15, 0.2) is 0 Å². The standard InChI is InChI=1S/C16H30N2O3/c1-2-3-4-5-6-7-11-17-16(21)18-12-10-14(13-18)8-9-15(19)20/h14H,2-13H2,1H3,(H,17,21)(H,19,20). The van der Waals surface area contributed by atoms with E-state index in [2.05, 4.69) is 12.2 Å². The first-order chi connectivity index (χ1) is 10.1. The molecule has 0 saturated carbocycles. The third-order valence-corrected chi connectivity index (χ3v) is 4.15. The molecule has 1 unspecified atom stereocenters. The van der Waals surface area contributed by atoms with E-state index in [1.54, 1.807) is 0 Å². The molecule has 1 atom stereocenters. The van der Waals surface area contributed by atoms with Crippen molar-refractivity contribution in [2.45, 2.75) is 64.7 Å². The number of likely N-dealkylation sites (tertiary alicyclic amines) is 1. The molecule has 0 radical (unpaired) electrons. The first kappa shape index (κ1) is 17.8. The molecule has 1 aliphatic rings. The van der Waals surface area contributed by atoms with Crippen molar-refractivity contribution in [3.05, 3.63) is 0 Å². The third kappa shape index (κ3) is 7.93. The Kier molecular flexibility index (Phi) is 8.87. The van der Waals surface area contributed by atoms with Crippen molar-refractivity contribution in [1.29, 1.82) is 0 Å². The van der Waals surface area contributed by atoms with Gasteiger partial charge in [0.25, 0.3) is 0 Å². The van der Waals surface area contributed by atoms with Gasteiger partial charge in [-0.2, -0.15) is 0 Å². The van der Waals surface area contributed by atoms with Crippen LogP contribution in [0, 0.1) is 5.92 Å². The Labute approximate surface area is 128 Å². The minimum Gasteiger partial charge on any atom is -0.481 e. The number of hydrogen-bond acceptors (Lipinski definition) is 2. The van der Waals surface area contributed by atoms with Gasteiger partial charge in [0.2, 0.25) is 0 Å². The van der Waals surface area contributed by atoms with Gasteiger partial charge in [-0.15, -0.1) is 0 Å². The number of amides is 2. The van der Waals surface area contributed by atoms with Crippen molar-refractivity contribution in [3.63, 3.8) is 0 Å². The lowest BCUT2D eigenvalue weighted by atomic mass is 10.0. The quantitative estimate of drug-likeness (QED) is 0.608. The first-order valence-electron chi connectivity index (χ1n) is 8.38. The van der Waals surface area contributed by atoms with Gasteiger partial charge in [0.1, 0.15) is 0 Å². The molecule has 0 aromatic heterocycles.